The summed E-state index contributed by atoms with van der Waals surface area (Å²) in [6, 6.07) is 102. The number of fused-ring (bicyclic) bond motifs is 10. The van der Waals surface area contributed by atoms with Gasteiger partial charge in [0.2, 0.25) is 0 Å². The van der Waals surface area contributed by atoms with Crippen LogP contribution in [-0.4, -0.2) is 22.2 Å². The van der Waals surface area contributed by atoms with Crippen molar-refractivity contribution in [3.8, 4) is 28.4 Å². The van der Waals surface area contributed by atoms with Crippen molar-refractivity contribution in [3.05, 3.63) is 296 Å². The Bertz CT molecular complexity index is 5110. The van der Waals surface area contributed by atoms with E-state index in [0.29, 0.717) is 11.5 Å². The predicted octanol–water partition coefficient (Wildman–Crippen LogP) is 19.2. The Morgan fingerprint density at radius 2 is 0.934 bits per heavy atom. The smallest absolute Gasteiger partial charge is 0.179 e. The van der Waals surface area contributed by atoms with Crippen molar-refractivity contribution in [1.82, 2.24) is 14.1 Å². The van der Waals surface area contributed by atoms with Crippen molar-refractivity contribution >= 4 is 105 Å². The van der Waals surface area contributed by atoms with Crippen LogP contribution in [0.4, 0.5) is 11.4 Å². The Labute approximate surface area is 549 Å². The summed E-state index contributed by atoms with van der Waals surface area (Å²) in [5.41, 5.74) is 11.6. The molecule has 0 N–H and O–H groups in total. The zero-order valence-electron chi connectivity index (χ0n) is 52.9. The number of pyridine rings is 1. The number of ether oxygens (including phenoxy) is 1. The molecule has 0 amide bonds. The molecule has 0 bridgehead atoms. The van der Waals surface area contributed by atoms with Gasteiger partial charge in [0.25, 0.3) is 0 Å². The van der Waals surface area contributed by atoms with Crippen molar-refractivity contribution in [3.63, 3.8) is 0 Å². The van der Waals surface area contributed by atoms with E-state index >= 15 is 0 Å². The third-order valence-electron chi connectivity index (χ3n) is 18.5. The van der Waals surface area contributed by atoms with Crippen LogP contribution in [0.2, 0.25) is 0 Å². The molecule has 7 heteroatoms. The summed E-state index contributed by atoms with van der Waals surface area (Å²) in [5.74, 6) is 2.01. The number of nitrogens with zero attached hydrogens (tertiary/aromatic N) is 4. The fourth-order valence-electron chi connectivity index (χ4n) is 13.9. The summed E-state index contributed by atoms with van der Waals surface area (Å²) in [4.78, 5) is 7.29. The summed E-state index contributed by atoms with van der Waals surface area (Å²) in [6.45, 7) is 23.1. The molecule has 1 aliphatic heterocycles. The van der Waals surface area contributed by atoms with Gasteiger partial charge in [-0.3, -0.25) is 0 Å². The first kappa shape index (κ1) is 59.2. The summed E-state index contributed by atoms with van der Waals surface area (Å²) in [5, 5.41) is 14.6. The quantitative estimate of drug-likeness (QED) is 0.0821. The largest absolute Gasteiger partial charge is 0.509 e. The summed E-state index contributed by atoms with van der Waals surface area (Å²) in [7, 11) is -3.02. The number of hydrogen-bond donors (Lipinski definition) is 0. The number of para-hydroxylation sites is 2. The Kier molecular flexibility index (Phi) is 14.8. The fourth-order valence-corrected chi connectivity index (χ4v) is 18.7. The monoisotopic (exact) mass is 1370 g/mol. The molecule has 5 nitrogen and oxygen atoms in total. The zero-order valence-corrected chi connectivity index (χ0v) is 56.2. The van der Waals surface area contributed by atoms with Gasteiger partial charge in [-0.05, 0) is 144 Å². The molecule has 0 saturated carbocycles. The molecule has 91 heavy (non-hydrogen) atoms. The van der Waals surface area contributed by atoms with Crippen LogP contribution in [0.15, 0.2) is 261 Å². The molecule has 0 fully saturated rings. The first-order valence-electron chi connectivity index (χ1n) is 31.4. The molecular formula is C84H71N4OPtSi-3. The predicted molar refractivity (Wildman–Crippen MR) is 382 cm³/mol. The average Bonchev–Trinajstić information content (AvgIpc) is 1.71. The van der Waals surface area contributed by atoms with Crippen LogP contribution in [0, 0.1) is 18.8 Å². The maximum absolute atomic E-state index is 6.96. The SMILES string of the molecule is CC(C)(C)c1cc(-c2cccc3c4ccccc4c4ccccc4c4cc(C(C)(C)C)cc5c4n(c23)[CH-]N5c2[c-]c(Oc3[c-]c4c(cc3)c3ccccc3n4-c3cc(C(C)(C)C)ccn3)ccc2)cc([Si](c2ccccc2)(c2ccccc2)c2ccccc2)c1.[Pt]. The van der Waals surface area contributed by atoms with Gasteiger partial charge in [0, 0.05) is 50.0 Å². The standard InChI is InChI=1S/C84H71N4OSi.Pt/c1-82(2,3)57-45-46-85-79(52-57)88-76-42-24-23-39-72(76)73-44-43-62(54-77(73)88)89-61-28-25-27-60(53-61)86-55-87-80-67(40-26-41-74(80)70-37-21-19-35-68(70)69-36-20-22-38-71(69)75-50-59(84(7,8)9)51-78(86)81(75)87)56-47-58(83(4,5)6)49-66(48-56)90(63-29-13-10-14-30-63,64-31-15-11-16-32-64)65-33-17-12-18-34-65;/h10-52,55H,1-9H3;/q-3;. The molecule has 0 radical (unpaired) electrons. The average molecular weight is 1380 g/mol. The Balaban J connectivity index is 0.00000721. The van der Waals surface area contributed by atoms with Crippen molar-refractivity contribution in [2.45, 2.75) is 78.6 Å². The molecule has 3 aromatic heterocycles. The normalized spacial score (nSPS) is 12.6. The second-order valence-corrected chi connectivity index (χ2v) is 31.1. The molecule has 15 rings (SSSR count). The van der Waals surface area contributed by atoms with Crippen LogP contribution in [0.1, 0.15) is 79.0 Å². The van der Waals surface area contributed by atoms with E-state index in [1.54, 1.807) is 0 Å². The Hall–Kier alpha value is -9.45. The van der Waals surface area contributed by atoms with Gasteiger partial charge in [0.1, 0.15) is 5.82 Å². The van der Waals surface area contributed by atoms with Crippen molar-refractivity contribution < 1.29 is 25.8 Å². The molecule has 14 aromatic rings. The zero-order chi connectivity index (χ0) is 61.7. The second kappa shape index (κ2) is 22.8. The van der Waals surface area contributed by atoms with Gasteiger partial charge in [0.05, 0.1) is 0 Å². The molecule has 450 valence electrons. The van der Waals surface area contributed by atoms with E-state index in [2.05, 4.69) is 338 Å². The summed E-state index contributed by atoms with van der Waals surface area (Å²) >= 11 is 0. The van der Waals surface area contributed by atoms with Gasteiger partial charge in [0.15, 0.2) is 8.07 Å². The van der Waals surface area contributed by atoms with Gasteiger partial charge in [-0.25, -0.2) is 4.98 Å². The summed E-state index contributed by atoms with van der Waals surface area (Å²) < 4.78 is 11.7. The van der Waals surface area contributed by atoms with Crippen LogP contribution in [0.5, 0.6) is 11.5 Å². The number of rotatable bonds is 9. The van der Waals surface area contributed by atoms with Gasteiger partial charge >= 0.3 is 0 Å². The van der Waals surface area contributed by atoms with Crippen molar-refractivity contribution in [2.24, 2.45) is 0 Å². The maximum Gasteiger partial charge on any atom is 0.179 e. The molecule has 4 heterocycles. The minimum Gasteiger partial charge on any atom is -0.509 e. The van der Waals surface area contributed by atoms with E-state index in [9.17, 15) is 0 Å². The second-order valence-electron chi connectivity index (χ2n) is 27.3. The number of anilines is 2. The fraction of sp³-hybridized carbons (Fsp3) is 0.143. The number of benzene rings is 11. The third-order valence-corrected chi connectivity index (χ3v) is 23.2. The molecular weight excluding hydrogens is 1300 g/mol. The number of aromatic nitrogens is 3. The molecule has 11 aromatic carbocycles. The molecule has 1 aliphatic rings. The van der Waals surface area contributed by atoms with Crippen LogP contribution < -0.4 is 30.4 Å². The van der Waals surface area contributed by atoms with Gasteiger partial charge < -0.3 is 18.8 Å². The number of hydrogen-bond acceptors (Lipinski definition) is 3. The minimum atomic E-state index is -3.02. The maximum atomic E-state index is 6.96. The summed E-state index contributed by atoms with van der Waals surface area (Å²) in [6.07, 6.45) is 1.92. The van der Waals surface area contributed by atoms with E-state index in [1.807, 2.05) is 18.3 Å². The van der Waals surface area contributed by atoms with Gasteiger partial charge in [-0.15, -0.1) is 35.7 Å². The first-order chi connectivity index (χ1) is 43.5. The van der Waals surface area contributed by atoms with Crippen LogP contribution in [0.3, 0.4) is 0 Å². The van der Waals surface area contributed by atoms with E-state index in [-0.39, 0.29) is 37.3 Å². The van der Waals surface area contributed by atoms with E-state index < -0.39 is 8.07 Å². The van der Waals surface area contributed by atoms with Gasteiger partial charge in [-0.1, -0.05) is 274 Å². The van der Waals surface area contributed by atoms with Gasteiger partial charge in [-0.2, -0.15) is 12.1 Å². The topological polar surface area (TPSA) is 35.2 Å². The molecule has 0 saturated heterocycles. The Morgan fingerprint density at radius 3 is 1.55 bits per heavy atom. The molecule has 0 spiro atoms. The Morgan fingerprint density at radius 1 is 0.407 bits per heavy atom. The minimum absolute atomic E-state index is 0. The molecule has 0 unspecified atom stereocenters. The van der Waals surface area contributed by atoms with Crippen LogP contribution in [-0.2, 0) is 37.3 Å². The first-order valence-corrected chi connectivity index (χ1v) is 33.4. The van der Waals surface area contributed by atoms with Crippen molar-refractivity contribution in [2.75, 3.05) is 4.90 Å². The van der Waals surface area contributed by atoms with Crippen molar-refractivity contribution in [1.29, 1.82) is 0 Å². The van der Waals surface area contributed by atoms with E-state index in [1.165, 1.54) is 59.0 Å². The molecule has 0 atom stereocenters. The van der Waals surface area contributed by atoms with Crippen LogP contribution >= 0.6 is 0 Å². The van der Waals surface area contributed by atoms with Crippen LogP contribution in [0.25, 0.3) is 82.1 Å². The van der Waals surface area contributed by atoms with E-state index in [4.69, 9.17) is 9.72 Å². The molecule has 0 aliphatic carbocycles. The van der Waals surface area contributed by atoms with E-state index in [0.717, 1.165) is 71.9 Å². The third kappa shape index (κ3) is 10.2.